The Morgan fingerprint density at radius 3 is 2.27 bits per heavy atom. The number of carbonyl (C=O) groups is 4. The quantitative estimate of drug-likeness (QED) is 0.469. The predicted octanol–water partition coefficient (Wildman–Crippen LogP) is 3.88. The third kappa shape index (κ3) is 5.63. The van der Waals surface area contributed by atoms with Crippen molar-refractivity contribution in [1.29, 1.82) is 0 Å². The molecule has 0 radical (unpaired) electrons. The maximum atomic E-state index is 12.5. The minimum Gasteiger partial charge on any atom is -0.456 e. The first kappa shape index (κ1) is 23.0. The highest BCUT2D eigenvalue weighted by atomic mass is 32.2. The van der Waals surface area contributed by atoms with Gasteiger partial charge in [0.2, 0.25) is 11.8 Å². The largest absolute Gasteiger partial charge is 0.456 e. The van der Waals surface area contributed by atoms with E-state index in [1.807, 2.05) is 48.5 Å². The summed E-state index contributed by atoms with van der Waals surface area (Å²) in [6.45, 7) is -0.433. The maximum Gasteiger partial charge on any atom is 0.308 e. The van der Waals surface area contributed by atoms with Gasteiger partial charge in [0.05, 0.1) is 23.9 Å². The standard InChI is InChI=1S/C25H26N2O5S/c28-22(26-20-12-6-7-13-21(20)33-17-8-2-1-3-9-17)16-32-23(29)14-15-27-24(30)18-10-4-5-11-19(18)25(27)31/h1-3,6-9,12-13,18-19H,4-5,10-11,14-16H2,(H,26,28)/t18-,19+. The van der Waals surface area contributed by atoms with Gasteiger partial charge in [0.15, 0.2) is 6.61 Å². The fraction of sp³-hybridized carbons (Fsp3) is 0.360. The number of amides is 3. The molecule has 1 saturated carbocycles. The lowest BCUT2D eigenvalue weighted by atomic mass is 9.81. The highest BCUT2D eigenvalue weighted by Gasteiger charge is 2.47. The summed E-state index contributed by atoms with van der Waals surface area (Å²) in [5.41, 5.74) is 0.628. The molecule has 2 atom stereocenters. The number of imide groups is 1. The molecule has 33 heavy (non-hydrogen) atoms. The number of ether oxygens (including phenoxy) is 1. The van der Waals surface area contributed by atoms with Gasteiger partial charge >= 0.3 is 5.97 Å². The van der Waals surface area contributed by atoms with Crippen molar-refractivity contribution in [2.45, 2.75) is 41.9 Å². The van der Waals surface area contributed by atoms with E-state index in [4.69, 9.17) is 4.74 Å². The molecule has 1 N–H and O–H groups in total. The van der Waals surface area contributed by atoms with Gasteiger partial charge in [-0.2, -0.15) is 0 Å². The number of hydrogen-bond donors (Lipinski definition) is 1. The van der Waals surface area contributed by atoms with E-state index < -0.39 is 18.5 Å². The first-order valence-corrected chi connectivity index (χ1v) is 12.0. The number of esters is 1. The van der Waals surface area contributed by atoms with Crippen LogP contribution >= 0.6 is 11.8 Å². The molecule has 4 rings (SSSR count). The number of nitrogens with one attached hydrogen (secondary N) is 1. The molecule has 0 spiro atoms. The van der Waals surface area contributed by atoms with Crippen LogP contribution in [-0.2, 0) is 23.9 Å². The Hall–Kier alpha value is -3.13. The Morgan fingerprint density at radius 1 is 0.939 bits per heavy atom. The van der Waals surface area contributed by atoms with Crippen LogP contribution in [0.15, 0.2) is 64.4 Å². The molecule has 0 aromatic heterocycles. The fourth-order valence-electron chi connectivity index (χ4n) is 4.33. The molecule has 2 aromatic carbocycles. The molecule has 2 aliphatic rings. The number of rotatable bonds is 8. The van der Waals surface area contributed by atoms with Crippen LogP contribution in [0.1, 0.15) is 32.1 Å². The molecule has 1 aliphatic carbocycles. The molecule has 1 aliphatic heterocycles. The van der Waals surface area contributed by atoms with Crippen LogP contribution in [0.4, 0.5) is 5.69 Å². The molecule has 3 amide bonds. The summed E-state index contributed by atoms with van der Waals surface area (Å²) in [4.78, 5) is 52.5. The Morgan fingerprint density at radius 2 is 1.58 bits per heavy atom. The van der Waals surface area contributed by atoms with Gasteiger partial charge in [0.1, 0.15) is 0 Å². The number of anilines is 1. The zero-order valence-electron chi connectivity index (χ0n) is 18.2. The molecule has 1 saturated heterocycles. The number of fused-ring (bicyclic) bond motifs is 1. The average Bonchev–Trinajstić information content (AvgIpc) is 3.08. The summed E-state index contributed by atoms with van der Waals surface area (Å²) in [6, 6.07) is 17.2. The van der Waals surface area contributed by atoms with E-state index in [0.29, 0.717) is 5.69 Å². The average molecular weight is 467 g/mol. The number of likely N-dealkylation sites (tertiary alicyclic amines) is 1. The van der Waals surface area contributed by atoms with Gasteiger partial charge in [-0.25, -0.2) is 0 Å². The topological polar surface area (TPSA) is 92.8 Å². The van der Waals surface area contributed by atoms with E-state index in [2.05, 4.69) is 5.32 Å². The van der Waals surface area contributed by atoms with Crippen molar-refractivity contribution in [3.05, 3.63) is 54.6 Å². The molecule has 2 aromatic rings. The number of nitrogens with zero attached hydrogens (tertiary/aromatic N) is 1. The Kier molecular flexibility index (Phi) is 7.44. The lowest BCUT2D eigenvalue weighted by Gasteiger charge is -2.19. The maximum absolute atomic E-state index is 12.5. The minimum absolute atomic E-state index is 0.00165. The van der Waals surface area contributed by atoms with Crippen LogP contribution in [0.25, 0.3) is 0 Å². The SMILES string of the molecule is O=C(COC(=O)CCN1C(=O)[C@H]2CCCC[C@H]2C1=O)Nc1ccccc1Sc1ccccc1. The minimum atomic E-state index is -0.618. The molecule has 2 fully saturated rings. The van der Waals surface area contributed by atoms with Crippen molar-refractivity contribution < 1.29 is 23.9 Å². The van der Waals surface area contributed by atoms with Crippen LogP contribution in [0, 0.1) is 11.8 Å². The van der Waals surface area contributed by atoms with Crippen molar-refractivity contribution in [1.82, 2.24) is 4.90 Å². The summed E-state index contributed by atoms with van der Waals surface area (Å²) in [7, 11) is 0. The van der Waals surface area contributed by atoms with Crippen molar-refractivity contribution in [3.63, 3.8) is 0 Å². The number of carbonyl (C=O) groups excluding carboxylic acids is 4. The third-order valence-corrected chi connectivity index (χ3v) is 7.05. The second kappa shape index (κ2) is 10.7. The summed E-state index contributed by atoms with van der Waals surface area (Å²) >= 11 is 1.52. The highest BCUT2D eigenvalue weighted by Crippen LogP contribution is 2.38. The van der Waals surface area contributed by atoms with E-state index in [0.717, 1.165) is 35.5 Å². The zero-order valence-corrected chi connectivity index (χ0v) is 19.0. The molecular weight excluding hydrogens is 440 g/mol. The van der Waals surface area contributed by atoms with E-state index in [9.17, 15) is 19.2 Å². The molecule has 0 unspecified atom stereocenters. The van der Waals surface area contributed by atoms with Crippen LogP contribution in [0.2, 0.25) is 0 Å². The summed E-state index contributed by atoms with van der Waals surface area (Å²) in [6.07, 6.45) is 3.27. The van der Waals surface area contributed by atoms with Gasteiger partial charge in [-0.05, 0) is 37.1 Å². The number of benzene rings is 2. The van der Waals surface area contributed by atoms with Gasteiger partial charge in [-0.3, -0.25) is 24.1 Å². The highest BCUT2D eigenvalue weighted by molar-refractivity contribution is 7.99. The summed E-state index contributed by atoms with van der Waals surface area (Å²) in [5, 5.41) is 2.78. The third-order valence-electron chi connectivity index (χ3n) is 5.97. The van der Waals surface area contributed by atoms with Crippen LogP contribution in [0.5, 0.6) is 0 Å². The molecule has 8 heteroatoms. The van der Waals surface area contributed by atoms with Crippen molar-refractivity contribution in [2.24, 2.45) is 11.8 Å². The monoisotopic (exact) mass is 466 g/mol. The first-order chi connectivity index (χ1) is 16.0. The van der Waals surface area contributed by atoms with Gasteiger partial charge in [0.25, 0.3) is 5.91 Å². The molecule has 7 nitrogen and oxygen atoms in total. The van der Waals surface area contributed by atoms with E-state index in [1.165, 1.54) is 16.7 Å². The van der Waals surface area contributed by atoms with E-state index in [1.54, 1.807) is 6.07 Å². The van der Waals surface area contributed by atoms with Crippen LogP contribution in [0.3, 0.4) is 0 Å². The normalized spacial score (nSPS) is 19.8. The van der Waals surface area contributed by atoms with Gasteiger partial charge in [-0.1, -0.05) is 54.9 Å². The van der Waals surface area contributed by atoms with Gasteiger partial charge < -0.3 is 10.1 Å². The van der Waals surface area contributed by atoms with Gasteiger partial charge in [0, 0.05) is 16.3 Å². The Labute approximate surface area is 196 Å². The summed E-state index contributed by atoms with van der Waals surface area (Å²) in [5.74, 6) is -1.90. The van der Waals surface area contributed by atoms with Crippen LogP contribution < -0.4 is 5.32 Å². The lowest BCUT2D eigenvalue weighted by Crippen LogP contribution is -2.33. The second-order valence-corrected chi connectivity index (χ2v) is 9.31. The fourth-order valence-corrected chi connectivity index (χ4v) is 5.26. The van der Waals surface area contributed by atoms with Crippen molar-refractivity contribution >= 4 is 41.1 Å². The van der Waals surface area contributed by atoms with Crippen molar-refractivity contribution in [2.75, 3.05) is 18.5 Å². The Balaban J connectivity index is 1.25. The molecular formula is C25H26N2O5S. The summed E-state index contributed by atoms with van der Waals surface area (Å²) < 4.78 is 5.08. The van der Waals surface area contributed by atoms with Crippen molar-refractivity contribution in [3.8, 4) is 0 Å². The van der Waals surface area contributed by atoms with E-state index in [-0.39, 0.29) is 36.6 Å². The molecule has 0 bridgehead atoms. The Bertz CT molecular complexity index is 1020. The molecule has 1 heterocycles. The van der Waals surface area contributed by atoms with Crippen LogP contribution in [-0.4, -0.2) is 41.7 Å². The van der Waals surface area contributed by atoms with Gasteiger partial charge in [-0.15, -0.1) is 0 Å². The predicted molar refractivity (Wildman–Crippen MR) is 123 cm³/mol. The lowest BCUT2D eigenvalue weighted by molar-refractivity contribution is -0.148. The second-order valence-electron chi connectivity index (χ2n) is 8.20. The molecule has 172 valence electrons. The smallest absolute Gasteiger partial charge is 0.308 e. The first-order valence-electron chi connectivity index (χ1n) is 11.2. The number of para-hydroxylation sites is 1. The van der Waals surface area contributed by atoms with E-state index >= 15 is 0 Å². The zero-order chi connectivity index (χ0) is 23.2. The number of hydrogen-bond acceptors (Lipinski definition) is 6.